The number of phenols is 1. The number of rotatable bonds is 5. The summed E-state index contributed by atoms with van der Waals surface area (Å²) in [5.41, 5.74) is 1.70. The van der Waals surface area contributed by atoms with Gasteiger partial charge in [0.05, 0.1) is 23.4 Å². The van der Waals surface area contributed by atoms with Gasteiger partial charge in [-0.1, -0.05) is 6.07 Å². The van der Waals surface area contributed by atoms with Crippen LogP contribution in [0.2, 0.25) is 0 Å². The van der Waals surface area contributed by atoms with Crippen LogP contribution in [0.1, 0.15) is 28.4 Å². The number of phenolic OH excluding ortho intramolecular Hbond substituents is 1. The Kier molecular flexibility index (Phi) is 6.01. The predicted octanol–water partition coefficient (Wildman–Crippen LogP) is 5.07. The van der Waals surface area contributed by atoms with Crippen LogP contribution < -0.4 is 4.74 Å². The Morgan fingerprint density at radius 2 is 2.08 bits per heavy atom. The van der Waals surface area contributed by atoms with E-state index in [0.717, 1.165) is 0 Å². The number of hydrogen-bond acceptors (Lipinski definition) is 4. The maximum atomic E-state index is 11.2. The van der Waals surface area contributed by atoms with Crippen molar-refractivity contribution in [1.29, 1.82) is 0 Å². The molecule has 2 aromatic carbocycles. The number of aromatic hydroxyl groups is 1. The molecule has 126 valence electrons. The first-order chi connectivity index (χ1) is 11.4. The molecule has 0 heterocycles. The zero-order valence-corrected chi connectivity index (χ0v) is 16.2. The third kappa shape index (κ3) is 3.79. The highest BCUT2D eigenvalue weighted by Crippen LogP contribution is 2.40. The van der Waals surface area contributed by atoms with E-state index < -0.39 is 5.97 Å². The SMILES string of the molecule is CCOc1cc(Br)c(Br)c(C=Nc2cccc(C(=O)O)c2C)c1O. The van der Waals surface area contributed by atoms with E-state index in [2.05, 4.69) is 36.9 Å². The minimum atomic E-state index is -1.00. The highest BCUT2D eigenvalue weighted by atomic mass is 79.9. The van der Waals surface area contributed by atoms with Crippen LogP contribution in [0.5, 0.6) is 11.5 Å². The molecule has 0 fully saturated rings. The summed E-state index contributed by atoms with van der Waals surface area (Å²) in [5, 5.41) is 19.5. The van der Waals surface area contributed by atoms with Crippen LogP contribution in [0.4, 0.5) is 5.69 Å². The summed E-state index contributed by atoms with van der Waals surface area (Å²) >= 11 is 6.79. The number of halogens is 2. The molecule has 24 heavy (non-hydrogen) atoms. The lowest BCUT2D eigenvalue weighted by atomic mass is 10.1. The zero-order valence-electron chi connectivity index (χ0n) is 13.0. The molecule has 0 amide bonds. The van der Waals surface area contributed by atoms with Crippen molar-refractivity contribution < 1.29 is 19.7 Å². The van der Waals surface area contributed by atoms with Crippen LogP contribution in [-0.2, 0) is 0 Å². The van der Waals surface area contributed by atoms with Crippen molar-refractivity contribution in [2.45, 2.75) is 13.8 Å². The lowest BCUT2D eigenvalue weighted by Gasteiger charge is -2.11. The quantitative estimate of drug-likeness (QED) is 0.615. The van der Waals surface area contributed by atoms with Gasteiger partial charge in [-0.25, -0.2) is 4.79 Å². The van der Waals surface area contributed by atoms with E-state index in [4.69, 9.17) is 4.74 Å². The van der Waals surface area contributed by atoms with Gasteiger partial charge < -0.3 is 14.9 Å². The molecular formula is C17H15Br2NO4. The molecule has 0 unspecified atom stereocenters. The molecule has 0 saturated carbocycles. The van der Waals surface area contributed by atoms with Gasteiger partial charge in [-0.3, -0.25) is 4.99 Å². The van der Waals surface area contributed by atoms with Gasteiger partial charge >= 0.3 is 5.97 Å². The van der Waals surface area contributed by atoms with Gasteiger partial charge in [0.1, 0.15) is 0 Å². The van der Waals surface area contributed by atoms with Crippen LogP contribution in [0.15, 0.2) is 38.2 Å². The predicted molar refractivity (Wildman–Crippen MR) is 100 cm³/mol. The maximum absolute atomic E-state index is 11.2. The van der Waals surface area contributed by atoms with Crippen molar-refractivity contribution in [2.75, 3.05) is 6.61 Å². The van der Waals surface area contributed by atoms with E-state index in [-0.39, 0.29) is 11.3 Å². The minimum absolute atomic E-state index is 0.0392. The first kappa shape index (κ1) is 18.5. The van der Waals surface area contributed by atoms with Gasteiger partial charge in [-0.2, -0.15) is 0 Å². The third-order valence-electron chi connectivity index (χ3n) is 3.36. The third-order valence-corrected chi connectivity index (χ3v) is 5.37. The van der Waals surface area contributed by atoms with Crippen LogP contribution in [-0.4, -0.2) is 29.0 Å². The van der Waals surface area contributed by atoms with Crippen molar-refractivity contribution in [3.05, 3.63) is 49.9 Å². The summed E-state index contributed by atoms with van der Waals surface area (Å²) in [5.74, 6) is -0.706. The Balaban J connectivity index is 2.50. The fraction of sp³-hybridized carbons (Fsp3) is 0.176. The normalized spacial score (nSPS) is 11.0. The first-order valence-corrected chi connectivity index (χ1v) is 8.66. The summed E-state index contributed by atoms with van der Waals surface area (Å²) in [7, 11) is 0. The Hall–Kier alpha value is -1.86. The largest absolute Gasteiger partial charge is 0.504 e. The Morgan fingerprint density at radius 3 is 2.71 bits per heavy atom. The molecule has 0 aromatic heterocycles. The highest BCUT2D eigenvalue weighted by Gasteiger charge is 2.15. The molecule has 0 bridgehead atoms. The highest BCUT2D eigenvalue weighted by molar-refractivity contribution is 9.13. The van der Waals surface area contributed by atoms with E-state index in [1.807, 2.05) is 6.92 Å². The van der Waals surface area contributed by atoms with E-state index in [1.165, 1.54) is 12.3 Å². The fourth-order valence-electron chi connectivity index (χ4n) is 2.12. The number of carboxylic acid groups (broad SMARTS) is 1. The zero-order chi connectivity index (χ0) is 17.9. The first-order valence-electron chi connectivity index (χ1n) is 7.07. The molecule has 0 saturated heterocycles. The van der Waals surface area contributed by atoms with E-state index >= 15 is 0 Å². The molecule has 2 aromatic rings. The second kappa shape index (κ2) is 7.81. The Labute approximate surface area is 156 Å². The molecule has 0 radical (unpaired) electrons. The standard InChI is InChI=1S/C17H15Br2NO4/c1-3-24-14-7-12(18)15(19)11(16(14)21)8-20-13-6-4-5-10(9(13)2)17(22)23/h4-8,21H,3H2,1-2H3,(H,22,23). The summed E-state index contributed by atoms with van der Waals surface area (Å²) in [6, 6.07) is 6.53. The summed E-state index contributed by atoms with van der Waals surface area (Å²) in [4.78, 5) is 15.5. The van der Waals surface area contributed by atoms with E-state index in [0.29, 0.717) is 38.1 Å². The number of ether oxygens (including phenoxy) is 1. The van der Waals surface area contributed by atoms with Crippen LogP contribution in [0, 0.1) is 6.92 Å². The molecule has 2 rings (SSSR count). The summed E-state index contributed by atoms with van der Waals surface area (Å²) < 4.78 is 6.73. The van der Waals surface area contributed by atoms with Crippen molar-refractivity contribution in [2.24, 2.45) is 4.99 Å². The minimum Gasteiger partial charge on any atom is -0.504 e. The molecule has 2 N–H and O–H groups in total. The number of nitrogens with zero attached hydrogens (tertiary/aromatic N) is 1. The van der Waals surface area contributed by atoms with Crippen LogP contribution >= 0.6 is 31.9 Å². The van der Waals surface area contributed by atoms with Gasteiger partial charge in [-0.05, 0) is 69.5 Å². The maximum Gasteiger partial charge on any atom is 0.336 e. The number of aliphatic imine (C=N–C) groups is 1. The molecule has 0 spiro atoms. The molecule has 0 aliphatic rings. The molecule has 0 aliphatic carbocycles. The van der Waals surface area contributed by atoms with Gasteiger partial charge in [-0.15, -0.1) is 0 Å². The summed E-state index contributed by atoms with van der Waals surface area (Å²) in [6.07, 6.45) is 1.47. The lowest BCUT2D eigenvalue weighted by molar-refractivity contribution is 0.0696. The second-order valence-corrected chi connectivity index (χ2v) is 6.53. The number of aromatic carboxylic acids is 1. The Morgan fingerprint density at radius 1 is 1.38 bits per heavy atom. The topological polar surface area (TPSA) is 79.1 Å². The van der Waals surface area contributed by atoms with E-state index in [9.17, 15) is 15.0 Å². The molecule has 0 aliphatic heterocycles. The Bertz CT molecular complexity index is 819. The van der Waals surface area contributed by atoms with Crippen LogP contribution in [0.25, 0.3) is 0 Å². The van der Waals surface area contributed by atoms with Gasteiger partial charge in [0.25, 0.3) is 0 Å². The molecule has 0 atom stereocenters. The number of carbonyl (C=O) groups is 1. The van der Waals surface area contributed by atoms with Crippen molar-refractivity contribution in [1.82, 2.24) is 0 Å². The lowest BCUT2D eigenvalue weighted by Crippen LogP contribution is -1.99. The average molecular weight is 457 g/mol. The van der Waals surface area contributed by atoms with Gasteiger partial charge in [0.2, 0.25) is 0 Å². The smallest absolute Gasteiger partial charge is 0.336 e. The molecule has 5 nitrogen and oxygen atoms in total. The average Bonchev–Trinajstić information content (AvgIpc) is 2.53. The van der Waals surface area contributed by atoms with Gasteiger partial charge in [0.15, 0.2) is 11.5 Å². The van der Waals surface area contributed by atoms with Crippen molar-refractivity contribution in [3.63, 3.8) is 0 Å². The second-order valence-electron chi connectivity index (χ2n) is 4.88. The number of benzene rings is 2. The van der Waals surface area contributed by atoms with Crippen molar-refractivity contribution >= 4 is 49.7 Å². The van der Waals surface area contributed by atoms with Gasteiger partial charge in [0, 0.05) is 15.2 Å². The molecular weight excluding hydrogens is 442 g/mol. The summed E-state index contributed by atoms with van der Waals surface area (Å²) in [6.45, 7) is 3.93. The number of hydrogen-bond donors (Lipinski definition) is 2. The monoisotopic (exact) mass is 455 g/mol. The molecule has 7 heteroatoms. The van der Waals surface area contributed by atoms with E-state index in [1.54, 1.807) is 25.1 Å². The van der Waals surface area contributed by atoms with Crippen molar-refractivity contribution in [3.8, 4) is 11.5 Å². The number of carboxylic acids is 1. The van der Waals surface area contributed by atoms with Crippen LogP contribution in [0.3, 0.4) is 0 Å². The fourth-order valence-corrected chi connectivity index (χ4v) is 2.95.